The van der Waals surface area contributed by atoms with Crippen molar-refractivity contribution >= 4 is 27.5 Å². The summed E-state index contributed by atoms with van der Waals surface area (Å²) >= 11 is 0. The Balaban J connectivity index is 0.000000204. The number of rotatable bonds is 13. The zero-order chi connectivity index (χ0) is 38.1. The second-order valence-corrected chi connectivity index (χ2v) is 13.5. The lowest BCUT2D eigenvalue weighted by molar-refractivity contribution is -0.137. The Morgan fingerprint density at radius 2 is 1.02 bits per heavy atom. The molecule has 0 aliphatic rings. The third-order valence-electron chi connectivity index (χ3n) is 10.1. The van der Waals surface area contributed by atoms with Crippen LogP contribution < -0.4 is 18.9 Å². The van der Waals surface area contributed by atoms with Crippen LogP contribution in [0.15, 0.2) is 97.1 Å². The van der Waals surface area contributed by atoms with Gasteiger partial charge in [0.1, 0.15) is 23.0 Å². The summed E-state index contributed by atoms with van der Waals surface area (Å²) in [5.74, 6) is 2.20. The van der Waals surface area contributed by atoms with Gasteiger partial charge in [0, 0.05) is 38.6 Å². The van der Waals surface area contributed by atoms with E-state index in [1.165, 1.54) is 28.7 Å². The van der Waals surface area contributed by atoms with Crippen molar-refractivity contribution < 1.29 is 28.8 Å². The molecule has 276 valence electrons. The van der Waals surface area contributed by atoms with Gasteiger partial charge in [-0.25, -0.2) is 0 Å². The zero-order valence-electron chi connectivity index (χ0n) is 32.3. The molecule has 6 nitrogen and oxygen atoms in total. The molecule has 0 fully saturated rings. The van der Waals surface area contributed by atoms with Crippen molar-refractivity contribution in [2.45, 2.75) is 65.7 Å². The number of aryl methyl sites for hydroxylation is 3. The number of fused-ring (bicyclic) bond motifs is 2. The number of hydrogen-bond acceptors (Lipinski definition) is 5. The third-order valence-corrected chi connectivity index (χ3v) is 10.1. The van der Waals surface area contributed by atoms with Gasteiger partial charge in [-0.2, -0.15) is 0 Å². The summed E-state index contributed by atoms with van der Waals surface area (Å²) in [6, 6.07) is 33.2. The van der Waals surface area contributed by atoms with E-state index in [1.54, 1.807) is 28.4 Å². The lowest BCUT2D eigenvalue weighted by Gasteiger charge is -2.25. The largest absolute Gasteiger partial charge is 0.496 e. The number of benzene rings is 6. The van der Waals surface area contributed by atoms with Crippen molar-refractivity contribution in [2.75, 3.05) is 28.4 Å². The van der Waals surface area contributed by atoms with Gasteiger partial charge in [0.15, 0.2) is 0 Å². The quantitative estimate of drug-likeness (QED) is 0.128. The van der Waals surface area contributed by atoms with Crippen LogP contribution in [-0.4, -0.2) is 39.5 Å². The van der Waals surface area contributed by atoms with E-state index >= 15 is 0 Å². The Morgan fingerprint density at radius 1 is 0.566 bits per heavy atom. The maximum atomic E-state index is 11.7. The highest BCUT2D eigenvalue weighted by Gasteiger charge is 2.28. The van der Waals surface area contributed by atoms with Gasteiger partial charge in [-0.1, -0.05) is 116 Å². The number of carbonyl (C=O) groups is 1. The van der Waals surface area contributed by atoms with Gasteiger partial charge in [0.05, 0.1) is 34.9 Å². The van der Waals surface area contributed by atoms with Crippen LogP contribution in [0.25, 0.3) is 21.5 Å². The van der Waals surface area contributed by atoms with Crippen molar-refractivity contribution in [3.8, 4) is 23.0 Å². The van der Waals surface area contributed by atoms with Crippen LogP contribution in [0.2, 0.25) is 0 Å². The molecule has 1 N–H and O–H groups in total. The van der Waals surface area contributed by atoms with Crippen LogP contribution >= 0.6 is 0 Å². The molecule has 0 bridgehead atoms. The fourth-order valence-corrected chi connectivity index (χ4v) is 7.56. The molecule has 0 heterocycles. The molecule has 0 saturated heterocycles. The molecule has 53 heavy (non-hydrogen) atoms. The third kappa shape index (κ3) is 8.44. The highest BCUT2D eigenvalue weighted by molar-refractivity contribution is 5.97. The van der Waals surface area contributed by atoms with Crippen LogP contribution in [0.4, 0.5) is 0 Å². The van der Waals surface area contributed by atoms with Crippen LogP contribution in [-0.2, 0) is 24.1 Å². The van der Waals surface area contributed by atoms with Crippen LogP contribution in [0.1, 0.15) is 70.2 Å². The molecule has 6 aromatic rings. The van der Waals surface area contributed by atoms with Crippen LogP contribution in [0.3, 0.4) is 0 Å². The summed E-state index contributed by atoms with van der Waals surface area (Å²) in [6.45, 7) is 8.33. The minimum Gasteiger partial charge on any atom is -0.496 e. The Labute approximate surface area is 314 Å². The number of methoxy groups -OCH3 is 4. The van der Waals surface area contributed by atoms with E-state index in [0.717, 1.165) is 80.3 Å². The number of carboxylic acid groups (broad SMARTS) is 1. The van der Waals surface area contributed by atoms with Gasteiger partial charge in [-0.15, -0.1) is 0 Å². The minimum absolute atomic E-state index is 0.0260. The molecule has 0 unspecified atom stereocenters. The lowest BCUT2D eigenvalue weighted by Crippen LogP contribution is -2.12. The van der Waals surface area contributed by atoms with E-state index < -0.39 is 5.97 Å². The fraction of sp³-hybridized carbons (Fsp3) is 0.298. The van der Waals surface area contributed by atoms with Crippen molar-refractivity contribution in [1.82, 2.24) is 0 Å². The minimum atomic E-state index is -0.853. The van der Waals surface area contributed by atoms with Gasteiger partial charge >= 0.3 is 5.97 Å². The summed E-state index contributed by atoms with van der Waals surface area (Å²) in [6.07, 6.45) is 4.23. The number of carboxylic acids is 1. The van der Waals surface area contributed by atoms with E-state index in [-0.39, 0.29) is 12.3 Å². The number of ether oxygens (including phenoxy) is 4. The molecule has 0 radical (unpaired) electrons. The van der Waals surface area contributed by atoms with Gasteiger partial charge in [0.25, 0.3) is 0 Å². The predicted molar refractivity (Wildman–Crippen MR) is 217 cm³/mol. The maximum Gasteiger partial charge on any atom is 0.304 e. The number of aliphatic carboxylic acids is 1. The SMILES string of the molecule is CCCc1ccc(CCc2c(C)c(OC)c3ccccc3c2OC)cc1.COc1c(C)c([C@@H](CC(=O)O)c2ccc(C)cc2)c(OC)c2ccccc12. The molecule has 6 heteroatoms. The molecule has 0 saturated carbocycles. The first-order valence-corrected chi connectivity index (χ1v) is 18.3. The summed E-state index contributed by atoms with van der Waals surface area (Å²) in [5.41, 5.74) is 9.02. The molecule has 6 aromatic carbocycles. The van der Waals surface area contributed by atoms with E-state index in [4.69, 9.17) is 18.9 Å². The topological polar surface area (TPSA) is 74.2 Å². The number of hydrogen-bond donors (Lipinski definition) is 1. The molecular weight excluding hydrogens is 661 g/mol. The summed E-state index contributed by atoms with van der Waals surface area (Å²) in [7, 11) is 6.78. The predicted octanol–water partition coefficient (Wildman–Crippen LogP) is 11.0. The summed E-state index contributed by atoms with van der Waals surface area (Å²) in [5, 5.41) is 13.7. The molecule has 0 aliphatic heterocycles. The average molecular weight is 713 g/mol. The maximum absolute atomic E-state index is 11.7. The van der Waals surface area contributed by atoms with Crippen molar-refractivity contribution in [1.29, 1.82) is 0 Å². The zero-order valence-corrected chi connectivity index (χ0v) is 32.3. The van der Waals surface area contributed by atoms with Gasteiger partial charge < -0.3 is 24.1 Å². The second-order valence-electron chi connectivity index (χ2n) is 13.5. The Hall–Kier alpha value is -5.49. The van der Waals surface area contributed by atoms with Gasteiger partial charge in [-0.3, -0.25) is 4.79 Å². The molecule has 1 atom stereocenters. The van der Waals surface area contributed by atoms with Gasteiger partial charge in [-0.05, 0) is 67.9 Å². The first-order valence-electron chi connectivity index (χ1n) is 18.3. The van der Waals surface area contributed by atoms with E-state index in [0.29, 0.717) is 5.75 Å². The highest BCUT2D eigenvalue weighted by Crippen LogP contribution is 2.46. The Morgan fingerprint density at radius 3 is 1.49 bits per heavy atom. The fourth-order valence-electron chi connectivity index (χ4n) is 7.56. The van der Waals surface area contributed by atoms with E-state index in [2.05, 4.69) is 56.3 Å². The summed E-state index contributed by atoms with van der Waals surface area (Å²) < 4.78 is 23.1. The van der Waals surface area contributed by atoms with Crippen molar-refractivity contribution in [3.05, 3.63) is 142 Å². The van der Waals surface area contributed by atoms with Crippen molar-refractivity contribution in [2.24, 2.45) is 0 Å². The Kier molecular flexibility index (Phi) is 13.0. The normalized spacial score (nSPS) is 11.5. The Bertz CT molecular complexity index is 2170. The second kappa shape index (κ2) is 17.8. The average Bonchev–Trinajstić information content (AvgIpc) is 3.17. The highest BCUT2D eigenvalue weighted by atomic mass is 16.5. The molecule has 6 rings (SSSR count). The molecule has 0 amide bonds. The van der Waals surface area contributed by atoms with E-state index in [1.807, 2.05) is 68.4 Å². The van der Waals surface area contributed by atoms with Gasteiger partial charge in [0.2, 0.25) is 0 Å². The first kappa shape index (κ1) is 38.7. The molecule has 0 aromatic heterocycles. The van der Waals surface area contributed by atoms with Crippen molar-refractivity contribution in [3.63, 3.8) is 0 Å². The standard InChI is InChI=1S/C24H28O2.C23H24O4/c1-5-8-18-11-13-19(14-12-18)15-16-20-17(2)23(25-3)21-9-6-7-10-22(21)24(20)26-4;1-14-9-11-16(12-10-14)19(13-20(24)25)21-15(2)22(26-3)17-7-5-6-8-18(17)23(21)27-4/h6-7,9-14H,5,8,15-16H2,1-4H3;5-12,19H,13H2,1-4H3,(H,24,25)/t;19-/m.0/s1. The molecular formula is C47H52O6. The monoisotopic (exact) mass is 712 g/mol. The molecule has 0 aliphatic carbocycles. The smallest absolute Gasteiger partial charge is 0.304 e. The lowest BCUT2D eigenvalue weighted by atomic mass is 9.83. The van der Waals surface area contributed by atoms with E-state index in [9.17, 15) is 9.90 Å². The van der Waals surface area contributed by atoms with Crippen LogP contribution in [0.5, 0.6) is 23.0 Å². The summed E-state index contributed by atoms with van der Waals surface area (Å²) in [4.78, 5) is 11.7. The molecule has 0 spiro atoms. The van der Waals surface area contributed by atoms with Crippen LogP contribution in [0, 0.1) is 20.8 Å². The first-order chi connectivity index (χ1) is 25.7.